The molecule has 0 radical (unpaired) electrons. The van der Waals surface area contributed by atoms with E-state index in [1.807, 2.05) is 60.7 Å². The van der Waals surface area contributed by atoms with E-state index in [0.717, 1.165) is 16.5 Å². The Hall–Kier alpha value is -3.01. The second-order valence-corrected chi connectivity index (χ2v) is 5.38. The summed E-state index contributed by atoms with van der Waals surface area (Å²) in [6.07, 6.45) is -0.663. The number of rotatable bonds is 2. The molecule has 0 aromatic heterocycles. The lowest BCUT2D eigenvalue weighted by Gasteiger charge is -2.25. The summed E-state index contributed by atoms with van der Waals surface area (Å²) in [5, 5.41) is 5.02. The molecule has 1 amide bonds. The van der Waals surface area contributed by atoms with Gasteiger partial charge in [-0.3, -0.25) is 4.79 Å². The number of nitrogens with one attached hydrogen (secondary N) is 1. The van der Waals surface area contributed by atoms with Gasteiger partial charge in [0.15, 0.2) is 11.5 Å². The van der Waals surface area contributed by atoms with Gasteiger partial charge in [-0.15, -0.1) is 0 Å². The van der Waals surface area contributed by atoms with Crippen LogP contribution in [0.15, 0.2) is 66.7 Å². The van der Waals surface area contributed by atoms with Gasteiger partial charge in [0.1, 0.15) is 6.61 Å². The first-order valence-corrected chi connectivity index (χ1v) is 7.48. The fourth-order valence-corrected chi connectivity index (χ4v) is 2.70. The van der Waals surface area contributed by atoms with Crippen molar-refractivity contribution in [1.82, 2.24) is 0 Å². The number of hydrogen-bond donors (Lipinski definition) is 1. The molecule has 3 aromatic rings. The van der Waals surface area contributed by atoms with E-state index < -0.39 is 6.10 Å². The fraction of sp³-hybridized carbons (Fsp3) is 0.105. The molecule has 0 aliphatic carbocycles. The Balaban J connectivity index is 1.56. The van der Waals surface area contributed by atoms with Crippen LogP contribution in [0.3, 0.4) is 0 Å². The molecule has 0 unspecified atom stereocenters. The molecule has 4 nitrogen and oxygen atoms in total. The predicted octanol–water partition coefficient (Wildman–Crippen LogP) is 3.62. The van der Waals surface area contributed by atoms with Crippen molar-refractivity contribution in [3.05, 3.63) is 66.7 Å². The summed E-state index contributed by atoms with van der Waals surface area (Å²) in [5.74, 6) is 1.05. The number of ether oxygens (including phenoxy) is 2. The summed E-state index contributed by atoms with van der Waals surface area (Å²) < 4.78 is 11.3. The van der Waals surface area contributed by atoms with Crippen LogP contribution in [0.1, 0.15) is 0 Å². The van der Waals surface area contributed by atoms with Gasteiger partial charge >= 0.3 is 0 Å². The average Bonchev–Trinajstić information content (AvgIpc) is 2.61. The molecule has 0 saturated carbocycles. The summed E-state index contributed by atoms with van der Waals surface area (Å²) >= 11 is 0. The summed E-state index contributed by atoms with van der Waals surface area (Å²) in [6, 6.07) is 21.1. The zero-order valence-electron chi connectivity index (χ0n) is 12.4. The standard InChI is InChI=1S/C19H15NO3/c21-19(18-12-22-16-10-3-4-11-17(16)23-18)20-15-9-5-7-13-6-1-2-8-14(13)15/h1-11,18H,12H2,(H,20,21)/t18-/m0/s1. The molecule has 23 heavy (non-hydrogen) atoms. The highest BCUT2D eigenvalue weighted by Crippen LogP contribution is 2.31. The summed E-state index contributed by atoms with van der Waals surface area (Å²) in [6.45, 7) is 0.202. The number of benzene rings is 3. The van der Waals surface area contributed by atoms with Crippen LogP contribution in [0.4, 0.5) is 5.69 Å². The number of carbonyl (C=O) groups is 1. The smallest absolute Gasteiger partial charge is 0.269 e. The first-order valence-electron chi connectivity index (χ1n) is 7.48. The van der Waals surface area contributed by atoms with Gasteiger partial charge in [0, 0.05) is 11.1 Å². The Labute approximate surface area is 133 Å². The van der Waals surface area contributed by atoms with E-state index in [1.54, 1.807) is 6.07 Å². The molecule has 1 aliphatic heterocycles. The Morgan fingerprint density at radius 3 is 2.57 bits per heavy atom. The molecule has 114 valence electrons. The molecule has 1 aliphatic rings. The van der Waals surface area contributed by atoms with Crippen LogP contribution in [0.25, 0.3) is 10.8 Å². The highest BCUT2D eigenvalue weighted by atomic mass is 16.6. The van der Waals surface area contributed by atoms with Crippen LogP contribution in [0, 0.1) is 0 Å². The third-order valence-corrected chi connectivity index (χ3v) is 3.85. The van der Waals surface area contributed by atoms with Gasteiger partial charge in [0.05, 0.1) is 0 Å². The first kappa shape index (κ1) is 13.6. The van der Waals surface area contributed by atoms with Crippen molar-refractivity contribution in [2.24, 2.45) is 0 Å². The van der Waals surface area contributed by atoms with E-state index in [2.05, 4.69) is 5.32 Å². The molecule has 3 aromatic carbocycles. The van der Waals surface area contributed by atoms with E-state index in [9.17, 15) is 4.79 Å². The van der Waals surface area contributed by atoms with Crippen LogP contribution in [0.5, 0.6) is 11.5 Å². The van der Waals surface area contributed by atoms with Crippen molar-refractivity contribution in [2.45, 2.75) is 6.10 Å². The lowest BCUT2D eigenvalue weighted by Crippen LogP contribution is -2.40. The van der Waals surface area contributed by atoms with Crippen LogP contribution >= 0.6 is 0 Å². The number of para-hydroxylation sites is 2. The molecule has 0 saturated heterocycles. The highest BCUT2D eigenvalue weighted by molar-refractivity contribution is 6.03. The summed E-state index contributed by atoms with van der Waals surface area (Å²) in [5.41, 5.74) is 0.774. The second kappa shape index (κ2) is 5.65. The molecule has 1 atom stereocenters. The molecule has 0 spiro atoms. The zero-order chi connectivity index (χ0) is 15.6. The zero-order valence-corrected chi connectivity index (χ0v) is 12.4. The lowest BCUT2D eigenvalue weighted by molar-refractivity contribution is -0.125. The molecule has 4 heteroatoms. The third-order valence-electron chi connectivity index (χ3n) is 3.85. The molecular formula is C19H15NO3. The number of anilines is 1. The summed E-state index contributed by atoms with van der Waals surface area (Å²) in [7, 11) is 0. The Morgan fingerprint density at radius 1 is 0.913 bits per heavy atom. The van der Waals surface area contributed by atoms with Gasteiger partial charge < -0.3 is 14.8 Å². The molecule has 1 heterocycles. The second-order valence-electron chi connectivity index (χ2n) is 5.38. The quantitative estimate of drug-likeness (QED) is 0.786. The predicted molar refractivity (Wildman–Crippen MR) is 88.9 cm³/mol. The van der Waals surface area contributed by atoms with E-state index in [1.165, 1.54) is 0 Å². The highest BCUT2D eigenvalue weighted by Gasteiger charge is 2.27. The Morgan fingerprint density at radius 2 is 1.65 bits per heavy atom. The lowest BCUT2D eigenvalue weighted by atomic mass is 10.1. The van der Waals surface area contributed by atoms with Crippen LogP contribution in [0.2, 0.25) is 0 Å². The van der Waals surface area contributed by atoms with E-state index in [-0.39, 0.29) is 12.5 Å². The minimum Gasteiger partial charge on any atom is -0.485 e. The number of carbonyl (C=O) groups excluding carboxylic acids is 1. The fourth-order valence-electron chi connectivity index (χ4n) is 2.70. The van der Waals surface area contributed by atoms with Crippen molar-refractivity contribution in [3.8, 4) is 11.5 Å². The topological polar surface area (TPSA) is 47.6 Å². The van der Waals surface area contributed by atoms with Crippen molar-refractivity contribution in [3.63, 3.8) is 0 Å². The van der Waals surface area contributed by atoms with Gasteiger partial charge in [0.25, 0.3) is 5.91 Å². The molecule has 0 fully saturated rings. The minimum atomic E-state index is -0.663. The molecular weight excluding hydrogens is 290 g/mol. The number of fused-ring (bicyclic) bond motifs is 2. The van der Waals surface area contributed by atoms with Crippen LogP contribution in [-0.4, -0.2) is 18.6 Å². The van der Waals surface area contributed by atoms with Crippen molar-refractivity contribution in [1.29, 1.82) is 0 Å². The first-order chi connectivity index (χ1) is 11.3. The maximum absolute atomic E-state index is 12.5. The largest absolute Gasteiger partial charge is 0.485 e. The third kappa shape index (κ3) is 2.59. The van der Waals surface area contributed by atoms with E-state index in [0.29, 0.717) is 11.5 Å². The van der Waals surface area contributed by atoms with Gasteiger partial charge in [-0.2, -0.15) is 0 Å². The Bertz CT molecular complexity index is 870. The molecule has 1 N–H and O–H groups in total. The van der Waals surface area contributed by atoms with Gasteiger partial charge in [-0.1, -0.05) is 48.5 Å². The molecule has 4 rings (SSSR count). The minimum absolute atomic E-state index is 0.202. The Kier molecular flexibility index (Phi) is 3.35. The van der Waals surface area contributed by atoms with E-state index >= 15 is 0 Å². The monoisotopic (exact) mass is 305 g/mol. The van der Waals surface area contributed by atoms with Crippen LogP contribution in [-0.2, 0) is 4.79 Å². The maximum atomic E-state index is 12.5. The van der Waals surface area contributed by atoms with E-state index in [4.69, 9.17) is 9.47 Å². The van der Waals surface area contributed by atoms with Gasteiger partial charge in [-0.25, -0.2) is 0 Å². The average molecular weight is 305 g/mol. The van der Waals surface area contributed by atoms with Crippen molar-refractivity contribution < 1.29 is 14.3 Å². The molecule has 0 bridgehead atoms. The van der Waals surface area contributed by atoms with Crippen LogP contribution < -0.4 is 14.8 Å². The van der Waals surface area contributed by atoms with Gasteiger partial charge in [-0.05, 0) is 23.6 Å². The maximum Gasteiger partial charge on any atom is 0.269 e. The number of amides is 1. The van der Waals surface area contributed by atoms with Crippen molar-refractivity contribution >= 4 is 22.4 Å². The summed E-state index contributed by atoms with van der Waals surface area (Å²) in [4.78, 5) is 12.5. The normalized spacial score (nSPS) is 16.1. The van der Waals surface area contributed by atoms with Gasteiger partial charge in [0.2, 0.25) is 6.10 Å². The van der Waals surface area contributed by atoms with Crippen molar-refractivity contribution in [2.75, 3.05) is 11.9 Å². The SMILES string of the molecule is O=C(Nc1cccc2ccccc12)[C@@H]1COc2ccccc2O1. The number of hydrogen-bond acceptors (Lipinski definition) is 3.